The fraction of sp³-hybridized carbons (Fsp3) is 0.100. The van der Waals surface area contributed by atoms with E-state index in [4.69, 9.17) is 5.73 Å². The Morgan fingerprint density at radius 1 is 1.31 bits per heavy atom. The molecule has 2 aromatic rings. The van der Waals surface area contributed by atoms with Crippen LogP contribution in [0.15, 0.2) is 29.1 Å². The molecule has 0 atom stereocenters. The van der Waals surface area contributed by atoms with E-state index in [-0.39, 0.29) is 0 Å². The molecule has 0 fully saturated rings. The number of nitrogen functional groups attached to an aromatic ring is 1. The molecule has 0 saturated carbocycles. The van der Waals surface area contributed by atoms with Crippen molar-refractivity contribution < 1.29 is 0 Å². The first-order valence-corrected chi connectivity index (χ1v) is 4.96. The van der Waals surface area contributed by atoms with Crippen LogP contribution >= 0.6 is 11.3 Å². The Morgan fingerprint density at radius 3 is 2.77 bits per heavy atom. The van der Waals surface area contributed by atoms with Gasteiger partial charge in [-0.15, -0.1) is 11.3 Å². The third-order valence-electron chi connectivity index (χ3n) is 1.83. The number of hydrogen-bond donors (Lipinski definition) is 1. The van der Waals surface area contributed by atoms with Crippen molar-refractivity contribution in [3.63, 3.8) is 0 Å². The Hall–Kier alpha value is -1.35. The van der Waals surface area contributed by atoms with Crippen LogP contribution in [0.3, 0.4) is 0 Å². The van der Waals surface area contributed by atoms with Gasteiger partial charge in [0.1, 0.15) is 0 Å². The van der Waals surface area contributed by atoms with Gasteiger partial charge in [-0.05, 0) is 30.7 Å². The normalized spacial score (nSPS) is 10.2. The number of benzene rings is 1. The van der Waals surface area contributed by atoms with Crippen molar-refractivity contribution >= 4 is 17.0 Å². The molecule has 1 aromatic heterocycles. The van der Waals surface area contributed by atoms with Gasteiger partial charge in [-0.2, -0.15) is 0 Å². The maximum absolute atomic E-state index is 5.74. The zero-order valence-corrected chi connectivity index (χ0v) is 8.14. The quantitative estimate of drug-likeness (QED) is 0.702. The lowest BCUT2D eigenvalue weighted by Gasteiger charge is -2.01. The summed E-state index contributed by atoms with van der Waals surface area (Å²) in [7, 11) is 0. The number of aryl methyl sites for hydroxylation is 1. The van der Waals surface area contributed by atoms with Crippen molar-refractivity contribution in [2.75, 3.05) is 5.73 Å². The standard InChI is InChI=1S/C10H10N2S/c1-7-2-8(4-9(11)3-7)10-5-13-6-12-10/h2-6H,11H2,1H3. The second-order valence-electron chi connectivity index (χ2n) is 3.01. The minimum absolute atomic E-state index is 0.794. The summed E-state index contributed by atoms with van der Waals surface area (Å²) in [5.74, 6) is 0. The van der Waals surface area contributed by atoms with Gasteiger partial charge in [-0.3, -0.25) is 0 Å². The SMILES string of the molecule is Cc1cc(N)cc(-c2cscn2)c1. The second-order valence-corrected chi connectivity index (χ2v) is 3.72. The summed E-state index contributed by atoms with van der Waals surface area (Å²) in [4.78, 5) is 4.23. The molecule has 0 unspecified atom stereocenters. The molecule has 0 saturated heterocycles. The van der Waals surface area contributed by atoms with Gasteiger partial charge in [0.25, 0.3) is 0 Å². The lowest BCUT2D eigenvalue weighted by molar-refractivity contribution is 1.39. The number of hydrogen-bond acceptors (Lipinski definition) is 3. The van der Waals surface area contributed by atoms with E-state index in [9.17, 15) is 0 Å². The van der Waals surface area contributed by atoms with Gasteiger partial charge in [0.05, 0.1) is 11.2 Å². The van der Waals surface area contributed by atoms with Crippen LogP contribution in [-0.4, -0.2) is 4.98 Å². The summed E-state index contributed by atoms with van der Waals surface area (Å²) in [6.07, 6.45) is 0. The van der Waals surface area contributed by atoms with Crippen molar-refractivity contribution in [2.24, 2.45) is 0 Å². The minimum Gasteiger partial charge on any atom is -0.399 e. The highest BCUT2D eigenvalue weighted by Crippen LogP contribution is 2.22. The molecule has 0 bridgehead atoms. The number of nitrogens with zero attached hydrogens (tertiary/aromatic N) is 1. The van der Waals surface area contributed by atoms with Crippen LogP contribution in [0.4, 0.5) is 5.69 Å². The van der Waals surface area contributed by atoms with Gasteiger partial charge in [0.15, 0.2) is 0 Å². The second kappa shape index (κ2) is 3.18. The van der Waals surface area contributed by atoms with Crippen molar-refractivity contribution in [3.05, 3.63) is 34.7 Å². The van der Waals surface area contributed by atoms with Crippen LogP contribution in [-0.2, 0) is 0 Å². The number of nitrogens with two attached hydrogens (primary N) is 1. The van der Waals surface area contributed by atoms with E-state index >= 15 is 0 Å². The van der Waals surface area contributed by atoms with Gasteiger partial charge < -0.3 is 5.73 Å². The van der Waals surface area contributed by atoms with E-state index in [1.54, 1.807) is 11.3 Å². The average molecular weight is 190 g/mol. The molecule has 0 aliphatic heterocycles. The molecular formula is C10H10N2S. The van der Waals surface area contributed by atoms with Crippen molar-refractivity contribution in [3.8, 4) is 11.3 Å². The highest BCUT2D eigenvalue weighted by molar-refractivity contribution is 7.07. The Balaban J connectivity index is 2.53. The van der Waals surface area contributed by atoms with Crippen LogP contribution < -0.4 is 5.73 Å². The smallest absolute Gasteiger partial charge is 0.0811 e. The Morgan fingerprint density at radius 2 is 2.15 bits per heavy atom. The minimum atomic E-state index is 0.794. The summed E-state index contributed by atoms with van der Waals surface area (Å²) in [6.45, 7) is 2.03. The zero-order chi connectivity index (χ0) is 9.26. The largest absolute Gasteiger partial charge is 0.399 e. The molecule has 1 aromatic carbocycles. The highest BCUT2D eigenvalue weighted by atomic mass is 32.1. The number of thiazole rings is 1. The first kappa shape index (κ1) is 8.26. The molecule has 0 spiro atoms. The monoisotopic (exact) mass is 190 g/mol. The van der Waals surface area contributed by atoms with E-state index in [1.807, 2.05) is 29.9 Å². The molecule has 2 N–H and O–H groups in total. The molecule has 2 nitrogen and oxygen atoms in total. The fourth-order valence-corrected chi connectivity index (χ4v) is 1.88. The first-order valence-electron chi connectivity index (χ1n) is 4.01. The van der Waals surface area contributed by atoms with E-state index in [0.717, 1.165) is 16.9 Å². The third kappa shape index (κ3) is 1.70. The van der Waals surface area contributed by atoms with Crippen molar-refractivity contribution in [1.29, 1.82) is 0 Å². The van der Waals surface area contributed by atoms with Crippen molar-refractivity contribution in [1.82, 2.24) is 4.98 Å². The van der Waals surface area contributed by atoms with Gasteiger partial charge in [0, 0.05) is 16.6 Å². The Kier molecular flexibility index (Phi) is 2.02. The Bertz CT molecular complexity index is 387. The van der Waals surface area contributed by atoms with Crippen LogP contribution in [0.1, 0.15) is 5.56 Å². The predicted molar refractivity (Wildman–Crippen MR) is 56.7 cm³/mol. The molecular weight excluding hydrogens is 180 g/mol. The molecule has 13 heavy (non-hydrogen) atoms. The summed E-state index contributed by atoms with van der Waals surface area (Å²) in [5.41, 5.74) is 11.6. The molecule has 66 valence electrons. The van der Waals surface area contributed by atoms with Crippen LogP contribution in [0.5, 0.6) is 0 Å². The maximum Gasteiger partial charge on any atom is 0.0811 e. The number of aromatic nitrogens is 1. The lowest BCUT2D eigenvalue weighted by Crippen LogP contribution is -1.87. The molecule has 0 aliphatic rings. The summed E-state index contributed by atoms with van der Waals surface area (Å²) in [6, 6.07) is 5.99. The number of anilines is 1. The molecule has 0 aliphatic carbocycles. The Labute approximate surface area is 81.1 Å². The van der Waals surface area contributed by atoms with Crippen LogP contribution in [0.25, 0.3) is 11.3 Å². The summed E-state index contributed by atoms with van der Waals surface area (Å²) < 4.78 is 0. The van der Waals surface area contributed by atoms with Gasteiger partial charge in [-0.1, -0.05) is 0 Å². The fourth-order valence-electron chi connectivity index (χ4n) is 1.32. The van der Waals surface area contributed by atoms with E-state index in [0.29, 0.717) is 0 Å². The lowest BCUT2D eigenvalue weighted by atomic mass is 10.1. The van der Waals surface area contributed by atoms with E-state index in [2.05, 4.69) is 11.1 Å². The summed E-state index contributed by atoms with van der Waals surface area (Å²) >= 11 is 1.59. The summed E-state index contributed by atoms with van der Waals surface area (Å²) in [5, 5.41) is 2.02. The first-order chi connectivity index (χ1) is 6.25. The van der Waals surface area contributed by atoms with Gasteiger partial charge >= 0.3 is 0 Å². The van der Waals surface area contributed by atoms with Gasteiger partial charge in [0.2, 0.25) is 0 Å². The van der Waals surface area contributed by atoms with E-state index < -0.39 is 0 Å². The number of rotatable bonds is 1. The van der Waals surface area contributed by atoms with Crippen molar-refractivity contribution in [2.45, 2.75) is 6.92 Å². The maximum atomic E-state index is 5.74. The molecule has 0 radical (unpaired) electrons. The van der Waals surface area contributed by atoms with Crippen LogP contribution in [0, 0.1) is 6.92 Å². The third-order valence-corrected chi connectivity index (χ3v) is 2.41. The zero-order valence-electron chi connectivity index (χ0n) is 7.32. The molecule has 3 heteroatoms. The molecule has 0 amide bonds. The predicted octanol–water partition coefficient (Wildman–Crippen LogP) is 2.70. The highest BCUT2D eigenvalue weighted by Gasteiger charge is 2.00. The molecule has 2 rings (SSSR count). The van der Waals surface area contributed by atoms with E-state index in [1.165, 1.54) is 5.56 Å². The average Bonchev–Trinajstić information content (AvgIpc) is 2.53. The topological polar surface area (TPSA) is 38.9 Å². The van der Waals surface area contributed by atoms with Crippen LogP contribution in [0.2, 0.25) is 0 Å². The van der Waals surface area contributed by atoms with Gasteiger partial charge in [-0.25, -0.2) is 4.98 Å². The molecule has 1 heterocycles.